The Kier molecular flexibility index (Phi) is 3.71. The number of fused-ring (bicyclic) bond motifs is 1. The maximum absolute atomic E-state index is 12.4. The van der Waals surface area contributed by atoms with Gasteiger partial charge in [0.1, 0.15) is 17.0 Å². The number of hydrogen-bond donors (Lipinski definition) is 1. The number of nitrogens with one attached hydrogen (secondary N) is 1. The zero-order valence-corrected chi connectivity index (χ0v) is 13.2. The van der Waals surface area contributed by atoms with Gasteiger partial charge in [-0.2, -0.15) is 4.68 Å². The minimum Gasteiger partial charge on any atom is -0.351 e. The van der Waals surface area contributed by atoms with E-state index in [-0.39, 0.29) is 5.91 Å². The Balaban J connectivity index is 1.43. The molecule has 0 aliphatic rings. The van der Waals surface area contributed by atoms with Gasteiger partial charge in [0.05, 0.1) is 5.69 Å². The van der Waals surface area contributed by atoms with E-state index in [1.807, 2.05) is 40.2 Å². The summed E-state index contributed by atoms with van der Waals surface area (Å²) in [6, 6.07) is 7.52. The predicted molar refractivity (Wildman–Crippen MR) is 86.1 cm³/mol. The van der Waals surface area contributed by atoms with Crippen molar-refractivity contribution < 1.29 is 4.79 Å². The van der Waals surface area contributed by atoms with Crippen molar-refractivity contribution in [2.24, 2.45) is 0 Å². The van der Waals surface area contributed by atoms with Crippen molar-refractivity contribution in [1.29, 1.82) is 0 Å². The molecule has 0 saturated heterocycles. The lowest BCUT2D eigenvalue weighted by Crippen LogP contribution is -2.26. The van der Waals surface area contributed by atoms with Crippen molar-refractivity contribution in [2.75, 3.05) is 6.54 Å². The second-order valence-electron chi connectivity index (χ2n) is 4.94. The molecule has 0 spiro atoms. The summed E-state index contributed by atoms with van der Waals surface area (Å²) >= 11 is 1.34. The summed E-state index contributed by atoms with van der Waals surface area (Å²) in [5.41, 5.74) is 1.45. The topological polar surface area (TPSA) is 103 Å². The van der Waals surface area contributed by atoms with Crippen molar-refractivity contribution in [3.63, 3.8) is 0 Å². The first-order valence-electron chi connectivity index (χ1n) is 7.20. The molecule has 24 heavy (non-hydrogen) atoms. The summed E-state index contributed by atoms with van der Waals surface area (Å²) in [5.74, 6) is 0.641. The highest BCUT2D eigenvalue weighted by atomic mass is 32.1. The Bertz CT molecular complexity index is 974. The Morgan fingerprint density at radius 1 is 1.25 bits per heavy atom. The largest absolute Gasteiger partial charge is 0.351 e. The molecule has 0 bridgehead atoms. The van der Waals surface area contributed by atoms with Crippen molar-refractivity contribution in [3.8, 4) is 5.69 Å². The van der Waals surface area contributed by atoms with Crippen LogP contribution >= 0.6 is 11.3 Å². The Morgan fingerprint density at radius 3 is 3.08 bits per heavy atom. The molecule has 1 amide bonds. The molecule has 0 unspecified atom stereocenters. The number of carbonyl (C=O) groups excluding carboxylic acids is 1. The fourth-order valence-electron chi connectivity index (χ4n) is 2.35. The van der Waals surface area contributed by atoms with E-state index in [1.165, 1.54) is 22.3 Å². The quantitative estimate of drug-likeness (QED) is 0.575. The highest BCUT2D eigenvalue weighted by Gasteiger charge is 2.15. The van der Waals surface area contributed by atoms with Crippen molar-refractivity contribution in [1.82, 2.24) is 40.1 Å². The summed E-state index contributed by atoms with van der Waals surface area (Å²) in [5, 5.41) is 24.0. The van der Waals surface area contributed by atoms with Crippen LogP contribution in [0.4, 0.5) is 0 Å². The number of pyridine rings is 1. The van der Waals surface area contributed by atoms with Crippen LogP contribution in [0.25, 0.3) is 11.3 Å². The lowest BCUT2D eigenvalue weighted by atomic mass is 10.3. The van der Waals surface area contributed by atoms with E-state index < -0.39 is 0 Å². The van der Waals surface area contributed by atoms with Gasteiger partial charge in [-0.3, -0.25) is 9.20 Å². The molecule has 4 heterocycles. The fourth-order valence-corrected chi connectivity index (χ4v) is 3.15. The van der Waals surface area contributed by atoms with E-state index >= 15 is 0 Å². The molecule has 0 atom stereocenters. The molecule has 1 N–H and O–H groups in total. The summed E-state index contributed by atoms with van der Waals surface area (Å²) in [6.07, 6.45) is 3.95. The van der Waals surface area contributed by atoms with E-state index in [0.29, 0.717) is 23.5 Å². The summed E-state index contributed by atoms with van der Waals surface area (Å²) < 4.78 is 3.38. The number of rotatable bonds is 5. The first-order valence-corrected chi connectivity index (χ1v) is 8.08. The SMILES string of the molecule is O=C(NCCc1nnc2ccccn12)c1sccc1-n1cnnn1. The molecule has 4 aromatic heterocycles. The molecule has 10 heteroatoms. The zero-order valence-electron chi connectivity index (χ0n) is 12.4. The number of hydrogen-bond acceptors (Lipinski definition) is 7. The zero-order chi connectivity index (χ0) is 16.4. The number of carbonyl (C=O) groups is 1. The minimum absolute atomic E-state index is 0.163. The molecular formula is C14H12N8OS. The first-order chi connectivity index (χ1) is 11.8. The molecule has 4 aromatic rings. The Morgan fingerprint density at radius 2 is 2.21 bits per heavy atom. The lowest BCUT2D eigenvalue weighted by Gasteiger charge is -2.05. The summed E-state index contributed by atoms with van der Waals surface area (Å²) in [6.45, 7) is 0.460. The van der Waals surface area contributed by atoms with E-state index in [4.69, 9.17) is 0 Å². The summed E-state index contributed by atoms with van der Waals surface area (Å²) in [4.78, 5) is 13.0. The van der Waals surface area contributed by atoms with E-state index in [9.17, 15) is 4.79 Å². The highest BCUT2D eigenvalue weighted by Crippen LogP contribution is 2.19. The van der Waals surface area contributed by atoms with Crippen LogP contribution in [0.2, 0.25) is 0 Å². The van der Waals surface area contributed by atoms with Crippen molar-refractivity contribution in [2.45, 2.75) is 6.42 Å². The normalized spacial score (nSPS) is 11.0. The van der Waals surface area contributed by atoms with Gasteiger partial charge >= 0.3 is 0 Å². The second-order valence-corrected chi connectivity index (χ2v) is 5.86. The van der Waals surface area contributed by atoms with E-state index in [0.717, 1.165) is 11.5 Å². The number of tetrazole rings is 1. The molecule has 9 nitrogen and oxygen atoms in total. The van der Waals surface area contributed by atoms with Gasteiger partial charge in [-0.1, -0.05) is 6.07 Å². The molecule has 120 valence electrons. The van der Waals surface area contributed by atoms with Gasteiger partial charge in [0.15, 0.2) is 5.65 Å². The summed E-state index contributed by atoms with van der Waals surface area (Å²) in [7, 11) is 0. The van der Waals surface area contributed by atoms with Gasteiger partial charge in [0.25, 0.3) is 5.91 Å². The van der Waals surface area contributed by atoms with Crippen LogP contribution in [-0.2, 0) is 6.42 Å². The van der Waals surface area contributed by atoms with Gasteiger partial charge in [0, 0.05) is 19.2 Å². The maximum Gasteiger partial charge on any atom is 0.263 e. The fraction of sp³-hybridized carbons (Fsp3) is 0.143. The Hall–Kier alpha value is -3.14. The molecule has 0 radical (unpaired) electrons. The van der Waals surface area contributed by atoms with Crippen LogP contribution < -0.4 is 5.32 Å². The minimum atomic E-state index is -0.163. The number of nitrogens with zero attached hydrogens (tertiary/aromatic N) is 7. The standard InChI is InChI=1S/C14H12N8OS/c23-14(13-10(5-8-24-13)22-9-16-19-20-22)15-6-4-12-18-17-11-3-1-2-7-21(11)12/h1-3,5,7-9H,4,6H2,(H,15,23). The third-order valence-corrected chi connectivity index (χ3v) is 4.37. The highest BCUT2D eigenvalue weighted by molar-refractivity contribution is 7.12. The van der Waals surface area contributed by atoms with Crippen LogP contribution in [0, 0.1) is 0 Å². The molecule has 0 aromatic carbocycles. The van der Waals surface area contributed by atoms with Crippen LogP contribution in [0.1, 0.15) is 15.5 Å². The maximum atomic E-state index is 12.4. The monoisotopic (exact) mass is 340 g/mol. The van der Waals surface area contributed by atoms with E-state index in [1.54, 1.807) is 0 Å². The van der Waals surface area contributed by atoms with Gasteiger partial charge in [-0.25, -0.2) is 0 Å². The molecular weight excluding hydrogens is 328 g/mol. The third kappa shape index (κ3) is 2.63. The van der Waals surface area contributed by atoms with Gasteiger partial charge < -0.3 is 5.32 Å². The van der Waals surface area contributed by atoms with Crippen molar-refractivity contribution >= 4 is 22.9 Å². The van der Waals surface area contributed by atoms with E-state index in [2.05, 4.69) is 31.0 Å². The predicted octanol–water partition coefficient (Wildman–Crippen LogP) is 0.739. The molecule has 0 aliphatic carbocycles. The average Bonchev–Trinajstić information content (AvgIpc) is 3.34. The van der Waals surface area contributed by atoms with Gasteiger partial charge in [-0.15, -0.1) is 26.6 Å². The Labute approximate surface area is 140 Å². The first kappa shape index (κ1) is 14.5. The third-order valence-electron chi connectivity index (χ3n) is 3.47. The molecule has 4 rings (SSSR count). The van der Waals surface area contributed by atoms with Crippen LogP contribution in [-0.4, -0.2) is 47.3 Å². The lowest BCUT2D eigenvalue weighted by molar-refractivity contribution is 0.0958. The van der Waals surface area contributed by atoms with Crippen LogP contribution in [0.3, 0.4) is 0 Å². The molecule has 0 saturated carbocycles. The van der Waals surface area contributed by atoms with Gasteiger partial charge in [-0.05, 0) is 34.0 Å². The second kappa shape index (κ2) is 6.16. The number of thiophene rings is 1. The average molecular weight is 340 g/mol. The number of amides is 1. The van der Waals surface area contributed by atoms with Crippen LogP contribution in [0.15, 0.2) is 42.2 Å². The van der Waals surface area contributed by atoms with Crippen LogP contribution in [0.5, 0.6) is 0 Å². The molecule has 0 fully saturated rings. The molecule has 0 aliphatic heterocycles. The van der Waals surface area contributed by atoms with Gasteiger partial charge in [0.2, 0.25) is 0 Å². The van der Waals surface area contributed by atoms with Crippen molar-refractivity contribution in [3.05, 3.63) is 52.9 Å². The number of aromatic nitrogens is 7. The smallest absolute Gasteiger partial charge is 0.263 e.